The Labute approximate surface area is 183 Å². The van der Waals surface area contributed by atoms with Gasteiger partial charge in [-0.2, -0.15) is 0 Å². The highest BCUT2D eigenvalue weighted by Crippen LogP contribution is 2.26. The summed E-state index contributed by atoms with van der Waals surface area (Å²) in [6.07, 6.45) is 4.16. The van der Waals surface area contributed by atoms with E-state index in [4.69, 9.17) is 5.73 Å². The van der Waals surface area contributed by atoms with Crippen molar-refractivity contribution in [3.8, 4) is 0 Å². The lowest BCUT2D eigenvalue weighted by Crippen LogP contribution is -2.25. The number of hydrogen-bond acceptors (Lipinski definition) is 3. The van der Waals surface area contributed by atoms with Gasteiger partial charge in [0.1, 0.15) is 0 Å². The van der Waals surface area contributed by atoms with Crippen LogP contribution in [0, 0.1) is 0 Å². The van der Waals surface area contributed by atoms with Crippen LogP contribution < -0.4 is 15.4 Å². The molecule has 0 spiro atoms. The molecule has 4 rings (SSSR count). The highest BCUT2D eigenvalue weighted by Gasteiger charge is 2.28. The fraction of sp³-hybridized carbons (Fsp3) is 0.350. The normalized spacial score (nSPS) is 17.9. The first-order chi connectivity index (χ1) is 13.0. The molecule has 0 aromatic heterocycles. The molecule has 1 saturated heterocycles. The first kappa shape index (κ1) is 20.9. The van der Waals surface area contributed by atoms with E-state index in [2.05, 4.69) is 22.4 Å². The molecule has 2 aromatic rings. The average Bonchev–Trinajstić information content (AvgIpc) is 3.25. The van der Waals surface area contributed by atoms with Crippen LogP contribution in [0.5, 0.6) is 0 Å². The van der Waals surface area contributed by atoms with E-state index >= 15 is 0 Å². The van der Waals surface area contributed by atoms with Crippen LogP contribution in [0.25, 0.3) is 0 Å². The smallest absolute Gasteiger partial charge is 0.235 e. The minimum Gasteiger partial charge on any atom is -0.370 e. The number of sulfonamides is 1. The number of anilines is 2. The van der Waals surface area contributed by atoms with Gasteiger partial charge in [0.25, 0.3) is 0 Å². The lowest BCUT2D eigenvalue weighted by atomic mass is 10.1. The second-order valence-electron chi connectivity index (χ2n) is 7.08. The van der Waals surface area contributed by atoms with E-state index in [9.17, 15) is 8.42 Å². The van der Waals surface area contributed by atoms with Crippen LogP contribution >= 0.6 is 24.0 Å². The molecule has 6 nitrogen and oxygen atoms in total. The van der Waals surface area contributed by atoms with Gasteiger partial charge in [-0.3, -0.25) is 4.31 Å². The van der Waals surface area contributed by atoms with Gasteiger partial charge in [-0.15, -0.1) is 24.0 Å². The summed E-state index contributed by atoms with van der Waals surface area (Å²) in [7, 11) is -3.17. The molecule has 1 aliphatic heterocycles. The number of nitrogens with one attached hydrogen (secondary N) is 1. The van der Waals surface area contributed by atoms with Crippen molar-refractivity contribution in [3.63, 3.8) is 0 Å². The van der Waals surface area contributed by atoms with Crippen molar-refractivity contribution in [3.05, 3.63) is 59.2 Å². The fourth-order valence-electron chi connectivity index (χ4n) is 3.75. The molecule has 1 heterocycles. The van der Waals surface area contributed by atoms with Crippen LogP contribution in [0.4, 0.5) is 11.4 Å². The third kappa shape index (κ3) is 4.60. The van der Waals surface area contributed by atoms with Crippen molar-refractivity contribution in [1.29, 1.82) is 0 Å². The van der Waals surface area contributed by atoms with E-state index in [1.165, 1.54) is 21.9 Å². The second kappa shape index (κ2) is 8.69. The van der Waals surface area contributed by atoms with Gasteiger partial charge in [-0.05, 0) is 66.6 Å². The molecule has 8 heteroatoms. The summed E-state index contributed by atoms with van der Waals surface area (Å²) in [5.74, 6) is 0.569. The Bertz CT molecular complexity index is 991. The maximum atomic E-state index is 12.1. The van der Waals surface area contributed by atoms with Crippen molar-refractivity contribution in [1.82, 2.24) is 0 Å². The number of rotatable bonds is 4. The van der Waals surface area contributed by atoms with Crippen LogP contribution in [0.1, 0.15) is 29.5 Å². The van der Waals surface area contributed by atoms with Gasteiger partial charge in [-0.25, -0.2) is 13.4 Å². The summed E-state index contributed by atoms with van der Waals surface area (Å²) in [5.41, 5.74) is 11.4. The summed E-state index contributed by atoms with van der Waals surface area (Å²) in [6.45, 7) is 0.933. The third-order valence-electron chi connectivity index (χ3n) is 5.10. The number of benzene rings is 2. The lowest BCUT2D eigenvalue weighted by molar-refractivity contribution is 0.599. The van der Waals surface area contributed by atoms with E-state index < -0.39 is 10.0 Å². The largest absolute Gasteiger partial charge is 0.370 e. The van der Waals surface area contributed by atoms with E-state index in [-0.39, 0.29) is 29.7 Å². The van der Waals surface area contributed by atoms with Crippen LogP contribution in [0.2, 0.25) is 0 Å². The standard InChI is InChI=1S/C20H24N4O2S.HI/c21-20(23-18-9-8-16-5-2-6-17(16)13-18)22-14-15-4-1-7-19(12-15)24-10-3-11-27(24,25)26;/h1,4,7-9,12-13H,2-3,5-6,10-11,14H2,(H3,21,22,23);1H. The van der Waals surface area contributed by atoms with E-state index in [0.717, 1.165) is 24.1 Å². The number of fused-ring (bicyclic) bond motifs is 1. The second-order valence-corrected chi connectivity index (χ2v) is 9.09. The topological polar surface area (TPSA) is 87.8 Å². The van der Waals surface area contributed by atoms with Gasteiger partial charge in [0.15, 0.2) is 5.96 Å². The summed E-state index contributed by atoms with van der Waals surface area (Å²) in [6, 6.07) is 13.8. The van der Waals surface area contributed by atoms with Gasteiger partial charge in [0.05, 0.1) is 18.0 Å². The molecule has 1 aliphatic carbocycles. The molecule has 3 N–H and O–H groups in total. The van der Waals surface area contributed by atoms with Crippen molar-refractivity contribution in [2.45, 2.75) is 32.2 Å². The molecule has 28 heavy (non-hydrogen) atoms. The third-order valence-corrected chi connectivity index (χ3v) is 6.97. The van der Waals surface area contributed by atoms with Crippen LogP contribution in [-0.4, -0.2) is 26.7 Å². The van der Waals surface area contributed by atoms with E-state index in [0.29, 0.717) is 31.2 Å². The minimum absolute atomic E-state index is 0. The van der Waals surface area contributed by atoms with Crippen molar-refractivity contribution >= 4 is 51.3 Å². The molecule has 0 amide bonds. The predicted octanol–water partition coefficient (Wildman–Crippen LogP) is 3.26. The summed E-state index contributed by atoms with van der Waals surface area (Å²) < 4.78 is 25.7. The predicted molar refractivity (Wildman–Crippen MR) is 125 cm³/mol. The number of nitrogens with zero attached hydrogens (tertiary/aromatic N) is 2. The molecular formula is C20H25IN4O2S. The van der Waals surface area contributed by atoms with Crippen LogP contribution in [0.3, 0.4) is 0 Å². The molecule has 2 aromatic carbocycles. The Kier molecular flexibility index (Phi) is 6.49. The number of nitrogens with two attached hydrogens (primary N) is 1. The Balaban J connectivity index is 0.00000225. The Morgan fingerprint density at radius 2 is 1.93 bits per heavy atom. The van der Waals surface area contributed by atoms with Crippen molar-refractivity contribution in [2.24, 2.45) is 10.7 Å². The van der Waals surface area contributed by atoms with Crippen LogP contribution in [0.15, 0.2) is 47.5 Å². The highest BCUT2D eigenvalue weighted by molar-refractivity contribution is 14.0. The SMILES string of the molecule is I.NC(=NCc1cccc(N2CCCS2(=O)=O)c1)Nc1ccc2c(c1)CCC2. The maximum absolute atomic E-state index is 12.1. The van der Waals surface area contributed by atoms with E-state index in [1.54, 1.807) is 0 Å². The van der Waals surface area contributed by atoms with Crippen molar-refractivity contribution < 1.29 is 8.42 Å². The zero-order valence-electron chi connectivity index (χ0n) is 15.6. The van der Waals surface area contributed by atoms with Gasteiger partial charge in [0.2, 0.25) is 10.0 Å². The first-order valence-electron chi connectivity index (χ1n) is 9.29. The van der Waals surface area contributed by atoms with Gasteiger partial charge in [-0.1, -0.05) is 18.2 Å². The molecule has 0 saturated carbocycles. The number of guanidine groups is 1. The fourth-order valence-corrected chi connectivity index (χ4v) is 5.31. The monoisotopic (exact) mass is 512 g/mol. The number of halogens is 1. The molecule has 150 valence electrons. The van der Waals surface area contributed by atoms with Crippen molar-refractivity contribution in [2.75, 3.05) is 21.9 Å². The summed E-state index contributed by atoms with van der Waals surface area (Å²) in [5, 5.41) is 3.15. The van der Waals surface area contributed by atoms with Gasteiger partial charge in [0, 0.05) is 12.2 Å². The zero-order chi connectivity index (χ0) is 18.9. The summed E-state index contributed by atoms with van der Waals surface area (Å²) in [4.78, 5) is 4.40. The molecule has 1 fully saturated rings. The minimum atomic E-state index is -3.17. The molecule has 0 unspecified atom stereocenters. The molecular weight excluding hydrogens is 487 g/mol. The number of aliphatic imine (C=N–C) groups is 1. The Morgan fingerprint density at radius 3 is 2.71 bits per heavy atom. The van der Waals surface area contributed by atoms with Gasteiger partial charge >= 0.3 is 0 Å². The highest BCUT2D eigenvalue weighted by atomic mass is 127. The maximum Gasteiger partial charge on any atom is 0.235 e. The molecule has 0 atom stereocenters. The number of aryl methyl sites for hydroxylation is 2. The lowest BCUT2D eigenvalue weighted by Gasteiger charge is -2.17. The Hall–Kier alpha value is -1.81. The molecule has 2 aliphatic rings. The molecule has 0 radical (unpaired) electrons. The number of hydrogen-bond donors (Lipinski definition) is 2. The summed E-state index contributed by atoms with van der Waals surface area (Å²) >= 11 is 0. The average molecular weight is 512 g/mol. The zero-order valence-corrected chi connectivity index (χ0v) is 18.7. The first-order valence-corrected chi connectivity index (χ1v) is 10.9. The quantitative estimate of drug-likeness (QED) is 0.374. The molecule has 0 bridgehead atoms. The Morgan fingerprint density at radius 1 is 1.11 bits per heavy atom. The van der Waals surface area contributed by atoms with Gasteiger partial charge < -0.3 is 11.1 Å². The van der Waals surface area contributed by atoms with E-state index in [1.807, 2.05) is 30.3 Å². The van der Waals surface area contributed by atoms with Crippen LogP contribution in [-0.2, 0) is 29.4 Å².